The molecule has 0 spiro atoms. The van der Waals surface area contributed by atoms with E-state index in [9.17, 15) is 4.79 Å². The predicted octanol–water partition coefficient (Wildman–Crippen LogP) is 2.02. The summed E-state index contributed by atoms with van der Waals surface area (Å²) >= 11 is 0. The Labute approximate surface area is 135 Å². The minimum Gasteiger partial charge on any atom is -0.373 e. The maximum absolute atomic E-state index is 12.4. The van der Waals surface area contributed by atoms with E-state index in [1.54, 1.807) is 0 Å². The van der Waals surface area contributed by atoms with Crippen molar-refractivity contribution in [3.63, 3.8) is 0 Å². The number of hydrogen-bond acceptors (Lipinski definition) is 3. The number of aromatic nitrogens is 2. The van der Waals surface area contributed by atoms with Gasteiger partial charge in [0.1, 0.15) is 5.82 Å². The summed E-state index contributed by atoms with van der Waals surface area (Å²) in [6.07, 6.45) is 6.88. The zero-order valence-electron chi connectivity index (χ0n) is 13.1. The molecule has 3 heterocycles. The fraction of sp³-hybridized carbons (Fsp3) is 0.444. The molecule has 0 saturated carbocycles. The Morgan fingerprint density at radius 2 is 2.26 bits per heavy atom. The van der Waals surface area contributed by atoms with E-state index in [1.165, 1.54) is 5.56 Å². The van der Waals surface area contributed by atoms with Crippen LogP contribution in [0.25, 0.3) is 0 Å². The molecular weight excluding hydrogens is 290 g/mol. The molecule has 2 atom stereocenters. The number of amides is 1. The summed E-state index contributed by atoms with van der Waals surface area (Å²) in [7, 11) is 0. The van der Waals surface area contributed by atoms with Gasteiger partial charge >= 0.3 is 0 Å². The van der Waals surface area contributed by atoms with Crippen LogP contribution < -0.4 is 5.32 Å². The smallest absolute Gasteiger partial charge is 0.223 e. The molecule has 1 aromatic heterocycles. The molecule has 23 heavy (non-hydrogen) atoms. The van der Waals surface area contributed by atoms with E-state index in [2.05, 4.69) is 27.0 Å². The van der Waals surface area contributed by atoms with Gasteiger partial charge in [-0.2, -0.15) is 0 Å². The van der Waals surface area contributed by atoms with Crippen molar-refractivity contribution in [3.05, 3.63) is 53.6 Å². The van der Waals surface area contributed by atoms with Gasteiger partial charge in [-0.1, -0.05) is 24.3 Å². The van der Waals surface area contributed by atoms with E-state index in [-0.39, 0.29) is 18.1 Å². The van der Waals surface area contributed by atoms with E-state index < -0.39 is 0 Å². The zero-order chi connectivity index (χ0) is 15.6. The Kier molecular flexibility index (Phi) is 3.87. The third kappa shape index (κ3) is 3.01. The number of imidazole rings is 1. The lowest BCUT2D eigenvalue weighted by Gasteiger charge is -2.28. The molecule has 1 aromatic carbocycles. The highest BCUT2D eigenvalue weighted by atomic mass is 16.5. The number of nitrogens with one attached hydrogen (secondary N) is 1. The number of nitrogens with zero attached hydrogens (tertiary/aromatic N) is 2. The quantitative estimate of drug-likeness (QED) is 0.943. The molecular formula is C18H21N3O2. The van der Waals surface area contributed by atoms with Gasteiger partial charge in [-0.25, -0.2) is 4.98 Å². The maximum Gasteiger partial charge on any atom is 0.223 e. The molecule has 0 unspecified atom stereocenters. The van der Waals surface area contributed by atoms with Crippen LogP contribution in [0.4, 0.5) is 0 Å². The summed E-state index contributed by atoms with van der Waals surface area (Å²) in [5.41, 5.74) is 2.46. The SMILES string of the molecule is O=C(C[C@@H]1OCCc2ccccc21)N[C@@H]1CCc2nccn2C1. The average Bonchev–Trinajstić information content (AvgIpc) is 3.03. The molecule has 120 valence electrons. The molecule has 2 aromatic rings. The van der Waals surface area contributed by atoms with Crippen LogP contribution in [0.1, 0.15) is 35.9 Å². The third-order valence-electron chi connectivity index (χ3n) is 4.76. The summed E-state index contributed by atoms with van der Waals surface area (Å²) in [5.74, 6) is 1.18. The first kappa shape index (κ1) is 14.5. The van der Waals surface area contributed by atoms with Gasteiger partial charge in [-0.05, 0) is 24.0 Å². The lowest BCUT2D eigenvalue weighted by molar-refractivity contribution is -0.125. The molecule has 2 aliphatic rings. The largest absolute Gasteiger partial charge is 0.373 e. The molecule has 0 radical (unpaired) electrons. The van der Waals surface area contributed by atoms with Crippen LogP contribution in [0.3, 0.4) is 0 Å². The first-order valence-electron chi connectivity index (χ1n) is 8.28. The molecule has 5 nitrogen and oxygen atoms in total. The minimum absolute atomic E-state index is 0.0697. The van der Waals surface area contributed by atoms with Crippen molar-refractivity contribution in [3.8, 4) is 0 Å². The fourth-order valence-electron chi connectivity index (χ4n) is 3.59. The molecule has 0 saturated heterocycles. The summed E-state index contributed by atoms with van der Waals surface area (Å²) in [6, 6.07) is 8.45. The predicted molar refractivity (Wildman–Crippen MR) is 85.9 cm³/mol. The van der Waals surface area contributed by atoms with E-state index >= 15 is 0 Å². The molecule has 1 amide bonds. The van der Waals surface area contributed by atoms with Crippen LogP contribution in [0.2, 0.25) is 0 Å². The van der Waals surface area contributed by atoms with E-state index in [1.807, 2.05) is 24.5 Å². The van der Waals surface area contributed by atoms with Crippen molar-refractivity contribution in [1.29, 1.82) is 0 Å². The van der Waals surface area contributed by atoms with Crippen molar-refractivity contribution in [1.82, 2.24) is 14.9 Å². The highest BCUT2D eigenvalue weighted by molar-refractivity contribution is 5.77. The summed E-state index contributed by atoms with van der Waals surface area (Å²) in [6.45, 7) is 1.50. The number of carbonyl (C=O) groups excluding carboxylic acids is 1. The molecule has 5 heteroatoms. The Morgan fingerprint density at radius 3 is 3.22 bits per heavy atom. The number of ether oxygens (including phenoxy) is 1. The van der Waals surface area contributed by atoms with Crippen molar-refractivity contribution < 1.29 is 9.53 Å². The van der Waals surface area contributed by atoms with Gasteiger partial charge in [0.25, 0.3) is 0 Å². The van der Waals surface area contributed by atoms with E-state index in [0.29, 0.717) is 13.0 Å². The Morgan fingerprint density at radius 1 is 1.35 bits per heavy atom. The molecule has 0 fully saturated rings. The van der Waals surface area contributed by atoms with Crippen LogP contribution in [0.5, 0.6) is 0 Å². The zero-order valence-corrected chi connectivity index (χ0v) is 13.1. The van der Waals surface area contributed by atoms with Crippen molar-refractivity contribution >= 4 is 5.91 Å². The van der Waals surface area contributed by atoms with E-state index in [4.69, 9.17) is 4.74 Å². The van der Waals surface area contributed by atoms with Gasteiger partial charge in [0.2, 0.25) is 5.91 Å². The monoisotopic (exact) mass is 311 g/mol. The number of fused-ring (bicyclic) bond motifs is 2. The lowest BCUT2D eigenvalue weighted by atomic mass is 9.95. The van der Waals surface area contributed by atoms with Gasteiger partial charge in [-0.3, -0.25) is 4.79 Å². The van der Waals surface area contributed by atoms with Crippen molar-refractivity contribution in [2.24, 2.45) is 0 Å². The van der Waals surface area contributed by atoms with Gasteiger partial charge in [0.15, 0.2) is 0 Å². The molecule has 0 aliphatic carbocycles. The highest BCUT2D eigenvalue weighted by Crippen LogP contribution is 2.29. The van der Waals surface area contributed by atoms with Gasteiger partial charge in [0.05, 0.1) is 19.1 Å². The average molecular weight is 311 g/mol. The second kappa shape index (κ2) is 6.16. The molecule has 4 rings (SSSR count). The van der Waals surface area contributed by atoms with E-state index in [0.717, 1.165) is 37.2 Å². The Balaban J connectivity index is 1.38. The number of carbonyl (C=O) groups is 1. The molecule has 2 aliphatic heterocycles. The second-order valence-electron chi connectivity index (χ2n) is 6.31. The number of rotatable bonds is 3. The first-order valence-corrected chi connectivity index (χ1v) is 8.28. The number of benzene rings is 1. The summed E-state index contributed by atoms with van der Waals surface area (Å²) < 4.78 is 7.96. The van der Waals surface area contributed by atoms with Gasteiger partial charge < -0.3 is 14.6 Å². The number of hydrogen-bond donors (Lipinski definition) is 1. The first-order chi connectivity index (χ1) is 11.3. The lowest BCUT2D eigenvalue weighted by Crippen LogP contribution is -2.41. The Hall–Kier alpha value is -2.14. The summed E-state index contributed by atoms with van der Waals surface area (Å²) in [4.78, 5) is 16.7. The third-order valence-corrected chi connectivity index (χ3v) is 4.76. The highest BCUT2D eigenvalue weighted by Gasteiger charge is 2.25. The van der Waals surface area contributed by atoms with Crippen LogP contribution in [-0.2, 0) is 28.9 Å². The van der Waals surface area contributed by atoms with Crippen molar-refractivity contribution in [2.75, 3.05) is 6.61 Å². The Bertz CT molecular complexity index is 710. The topological polar surface area (TPSA) is 56.1 Å². The van der Waals surface area contributed by atoms with Crippen LogP contribution in [-0.4, -0.2) is 28.1 Å². The normalized spacial score (nSPS) is 23.0. The van der Waals surface area contributed by atoms with Crippen LogP contribution >= 0.6 is 0 Å². The van der Waals surface area contributed by atoms with Crippen molar-refractivity contribution in [2.45, 2.75) is 44.4 Å². The molecule has 1 N–H and O–H groups in total. The van der Waals surface area contributed by atoms with Crippen LogP contribution in [0.15, 0.2) is 36.7 Å². The minimum atomic E-state index is -0.118. The standard InChI is InChI=1S/C18H21N3O2/c22-18(20-14-5-6-17-19-8-9-21(17)12-14)11-16-15-4-2-1-3-13(15)7-10-23-16/h1-4,8-9,14,16H,5-7,10-12H2,(H,20,22)/t14-,16+/m1/s1. The van der Waals surface area contributed by atoms with Gasteiger partial charge in [0, 0.05) is 31.4 Å². The van der Waals surface area contributed by atoms with Gasteiger partial charge in [-0.15, -0.1) is 0 Å². The second-order valence-corrected chi connectivity index (χ2v) is 6.31. The van der Waals surface area contributed by atoms with Crippen LogP contribution in [0, 0.1) is 0 Å². The summed E-state index contributed by atoms with van der Waals surface area (Å²) in [5, 5.41) is 3.16. The maximum atomic E-state index is 12.4. The fourth-order valence-corrected chi connectivity index (χ4v) is 3.59. The molecule has 0 bridgehead atoms. The number of aryl methyl sites for hydroxylation is 1.